The number of carbonyl (C=O) groups excluding carboxylic acids is 1. The molecule has 0 radical (unpaired) electrons. The summed E-state index contributed by atoms with van der Waals surface area (Å²) in [5, 5.41) is 2.10. The summed E-state index contributed by atoms with van der Waals surface area (Å²) in [5.41, 5.74) is 1.000. The number of amides is 1. The van der Waals surface area contributed by atoms with E-state index in [4.69, 9.17) is 14.2 Å². The van der Waals surface area contributed by atoms with Crippen molar-refractivity contribution in [1.29, 1.82) is 0 Å². The SMILES string of the molecule is CCN(Cc1ccc2c(c1)OCO2)C(=O)COc1cccc2ccccc12. The molecule has 3 aromatic rings. The maximum Gasteiger partial charge on any atom is 0.260 e. The molecule has 3 aromatic carbocycles. The molecule has 0 saturated carbocycles. The van der Waals surface area contributed by atoms with E-state index in [0.29, 0.717) is 13.1 Å². The number of nitrogens with zero attached hydrogens (tertiary/aromatic N) is 1. The summed E-state index contributed by atoms with van der Waals surface area (Å²) in [4.78, 5) is 14.4. The Morgan fingerprint density at radius 3 is 2.74 bits per heavy atom. The highest BCUT2D eigenvalue weighted by Crippen LogP contribution is 2.32. The molecule has 0 atom stereocenters. The Labute approximate surface area is 158 Å². The third-order valence-electron chi connectivity index (χ3n) is 4.65. The summed E-state index contributed by atoms with van der Waals surface area (Å²) < 4.78 is 16.6. The fourth-order valence-electron chi connectivity index (χ4n) is 3.19. The first-order valence-corrected chi connectivity index (χ1v) is 9.01. The molecule has 0 bridgehead atoms. The van der Waals surface area contributed by atoms with Crippen molar-refractivity contribution in [3.63, 3.8) is 0 Å². The smallest absolute Gasteiger partial charge is 0.260 e. The van der Waals surface area contributed by atoms with Crippen LogP contribution in [-0.2, 0) is 11.3 Å². The second kappa shape index (κ2) is 7.58. The third kappa shape index (κ3) is 3.67. The Morgan fingerprint density at radius 2 is 1.85 bits per heavy atom. The summed E-state index contributed by atoms with van der Waals surface area (Å²) in [6, 6.07) is 19.6. The summed E-state index contributed by atoms with van der Waals surface area (Å²) in [7, 11) is 0. The first-order chi connectivity index (χ1) is 13.2. The van der Waals surface area contributed by atoms with Crippen molar-refractivity contribution < 1.29 is 19.0 Å². The van der Waals surface area contributed by atoms with Crippen LogP contribution >= 0.6 is 0 Å². The maximum absolute atomic E-state index is 12.7. The zero-order chi connectivity index (χ0) is 18.6. The molecule has 5 nitrogen and oxygen atoms in total. The fraction of sp³-hybridized carbons (Fsp3) is 0.227. The van der Waals surface area contributed by atoms with E-state index in [1.807, 2.05) is 67.6 Å². The van der Waals surface area contributed by atoms with E-state index >= 15 is 0 Å². The van der Waals surface area contributed by atoms with Crippen molar-refractivity contribution in [2.75, 3.05) is 19.9 Å². The van der Waals surface area contributed by atoms with Crippen molar-refractivity contribution in [2.45, 2.75) is 13.5 Å². The number of fused-ring (bicyclic) bond motifs is 2. The Morgan fingerprint density at radius 1 is 1.04 bits per heavy atom. The van der Waals surface area contributed by atoms with Gasteiger partial charge in [0.25, 0.3) is 5.91 Å². The molecule has 1 amide bonds. The van der Waals surface area contributed by atoms with Crippen LogP contribution < -0.4 is 14.2 Å². The minimum atomic E-state index is -0.0527. The van der Waals surface area contributed by atoms with Crippen molar-refractivity contribution in [1.82, 2.24) is 4.90 Å². The lowest BCUT2D eigenvalue weighted by molar-refractivity contribution is -0.133. The largest absolute Gasteiger partial charge is 0.483 e. The molecular formula is C22H21NO4. The van der Waals surface area contributed by atoms with Gasteiger partial charge in [-0.1, -0.05) is 42.5 Å². The lowest BCUT2D eigenvalue weighted by atomic mass is 10.1. The van der Waals surface area contributed by atoms with Crippen LogP contribution in [0.25, 0.3) is 10.8 Å². The van der Waals surface area contributed by atoms with E-state index in [2.05, 4.69) is 0 Å². The Bertz CT molecular complexity index is 964. The number of hydrogen-bond acceptors (Lipinski definition) is 4. The van der Waals surface area contributed by atoms with Gasteiger partial charge in [0.05, 0.1) is 0 Å². The zero-order valence-corrected chi connectivity index (χ0v) is 15.2. The van der Waals surface area contributed by atoms with Crippen LogP contribution in [0.2, 0.25) is 0 Å². The van der Waals surface area contributed by atoms with Crippen molar-refractivity contribution in [3.8, 4) is 17.2 Å². The number of ether oxygens (including phenoxy) is 3. The summed E-state index contributed by atoms with van der Waals surface area (Å²) >= 11 is 0. The molecule has 138 valence electrons. The molecule has 1 aliphatic heterocycles. The molecule has 0 aromatic heterocycles. The Balaban J connectivity index is 1.43. The van der Waals surface area contributed by atoms with E-state index in [1.165, 1.54) is 0 Å². The van der Waals surface area contributed by atoms with E-state index in [-0.39, 0.29) is 19.3 Å². The standard InChI is InChI=1S/C22H21NO4/c1-2-23(13-16-10-11-20-21(12-16)27-15-26-20)22(24)14-25-19-9-5-7-17-6-3-4-8-18(17)19/h3-12H,2,13-15H2,1H3. The monoisotopic (exact) mass is 363 g/mol. The van der Waals surface area contributed by atoms with E-state index in [1.54, 1.807) is 4.90 Å². The van der Waals surface area contributed by atoms with Gasteiger partial charge in [-0.25, -0.2) is 0 Å². The Kier molecular flexibility index (Phi) is 4.83. The van der Waals surface area contributed by atoms with E-state index < -0.39 is 0 Å². The van der Waals surface area contributed by atoms with Gasteiger partial charge in [-0.15, -0.1) is 0 Å². The first-order valence-electron chi connectivity index (χ1n) is 9.01. The molecule has 0 fully saturated rings. The number of hydrogen-bond donors (Lipinski definition) is 0. The average molecular weight is 363 g/mol. The van der Waals surface area contributed by atoms with Gasteiger partial charge < -0.3 is 19.1 Å². The molecule has 5 heteroatoms. The van der Waals surface area contributed by atoms with Crippen LogP contribution in [0.15, 0.2) is 60.7 Å². The van der Waals surface area contributed by atoms with Gasteiger partial charge in [-0.05, 0) is 36.1 Å². The molecule has 1 heterocycles. The van der Waals surface area contributed by atoms with Crippen molar-refractivity contribution in [3.05, 3.63) is 66.2 Å². The number of rotatable bonds is 6. The maximum atomic E-state index is 12.7. The number of benzene rings is 3. The highest BCUT2D eigenvalue weighted by molar-refractivity contribution is 5.88. The van der Waals surface area contributed by atoms with Gasteiger partial charge in [0.2, 0.25) is 6.79 Å². The van der Waals surface area contributed by atoms with E-state index in [9.17, 15) is 4.79 Å². The van der Waals surface area contributed by atoms with Gasteiger partial charge in [0, 0.05) is 18.5 Å². The highest BCUT2D eigenvalue weighted by atomic mass is 16.7. The van der Waals surface area contributed by atoms with Gasteiger partial charge in [-0.3, -0.25) is 4.79 Å². The second-order valence-electron chi connectivity index (χ2n) is 6.36. The molecule has 27 heavy (non-hydrogen) atoms. The van der Waals surface area contributed by atoms with Crippen LogP contribution in [0.4, 0.5) is 0 Å². The number of likely N-dealkylation sites (N-methyl/N-ethyl adjacent to an activating group) is 1. The summed E-state index contributed by atoms with van der Waals surface area (Å²) in [6.45, 7) is 3.32. The van der Waals surface area contributed by atoms with Crippen LogP contribution in [0.1, 0.15) is 12.5 Å². The first kappa shape index (κ1) is 17.2. The van der Waals surface area contributed by atoms with Crippen molar-refractivity contribution >= 4 is 16.7 Å². The van der Waals surface area contributed by atoms with E-state index in [0.717, 1.165) is 33.6 Å². The minimum absolute atomic E-state index is 0.00635. The quantitative estimate of drug-likeness (QED) is 0.664. The Hall–Kier alpha value is -3.21. The second-order valence-corrected chi connectivity index (χ2v) is 6.36. The molecule has 0 saturated heterocycles. The van der Waals surface area contributed by atoms with Gasteiger partial charge in [0.1, 0.15) is 5.75 Å². The molecule has 0 N–H and O–H groups in total. The summed E-state index contributed by atoms with van der Waals surface area (Å²) in [5.74, 6) is 2.14. The highest BCUT2D eigenvalue weighted by Gasteiger charge is 2.17. The van der Waals surface area contributed by atoms with Crippen LogP contribution in [0.3, 0.4) is 0 Å². The van der Waals surface area contributed by atoms with Crippen LogP contribution in [0, 0.1) is 0 Å². The zero-order valence-electron chi connectivity index (χ0n) is 15.2. The van der Waals surface area contributed by atoms with Gasteiger partial charge >= 0.3 is 0 Å². The number of carbonyl (C=O) groups is 1. The van der Waals surface area contributed by atoms with Gasteiger partial charge in [0.15, 0.2) is 18.1 Å². The molecule has 1 aliphatic rings. The van der Waals surface area contributed by atoms with Crippen molar-refractivity contribution in [2.24, 2.45) is 0 Å². The molecule has 0 spiro atoms. The molecule has 4 rings (SSSR count). The normalized spacial score (nSPS) is 12.2. The minimum Gasteiger partial charge on any atom is -0.483 e. The summed E-state index contributed by atoms with van der Waals surface area (Å²) in [6.07, 6.45) is 0. The van der Waals surface area contributed by atoms with Gasteiger partial charge in [-0.2, -0.15) is 0 Å². The fourth-order valence-corrected chi connectivity index (χ4v) is 3.19. The lowest BCUT2D eigenvalue weighted by Gasteiger charge is -2.21. The third-order valence-corrected chi connectivity index (χ3v) is 4.65. The topological polar surface area (TPSA) is 48.0 Å². The predicted molar refractivity (Wildman–Crippen MR) is 103 cm³/mol. The lowest BCUT2D eigenvalue weighted by Crippen LogP contribution is -2.34. The predicted octanol–water partition coefficient (Wildman–Crippen LogP) is 4.00. The van der Waals surface area contributed by atoms with Crippen LogP contribution in [-0.4, -0.2) is 30.8 Å². The van der Waals surface area contributed by atoms with Crippen LogP contribution in [0.5, 0.6) is 17.2 Å². The molecule has 0 aliphatic carbocycles. The molecular weight excluding hydrogens is 342 g/mol. The molecule has 0 unspecified atom stereocenters. The average Bonchev–Trinajstić information content (AvgIpc) is 3.18.